The van der Waals surface area contributed by atoms with Crippen LogP contribution in [0.1, 0.15) is 57.7 Å². The van der Waals surface area contributed by atoms with E-state index in [2.05, 4.69) is 41.6 Å². The highest BCUT2D eigenvalue weighted by Gasteiger charge is 2.34. The van der Waals surface area contributed by atoms with Crippen LogP contribution in [0.3, 0.4) is 0 Å². The second kappa shape index (κ2) is 9.37. The summed E-state index contributed by atoms with van der Waals surface area (Å²) in [5, 5.41) is 6.71. The van der Waals surface area contributed by atoms with Gasteiger partial charge in [0, 0.05) is 20.1 Å². The van der Waals surface area contributed by atoms with Gasteiger partial charge in [-0.1, -0.05) is 36.4 Å². The molecule has 0 radical (unpaired) electrons. The zero-order valence-corrected chi connectivity index (χ0v) is 17.2. The molecule has 2 aromatic rings. The zero-order valence-electron chi connectivity index (χ0n) is 17.2. The summed E-state index contributed by atoms with van der Waals surface area (Å²) in [4.78, 5) is 30.4. The molecule has 0 aromatic heterocycles. The van der Waals surface area contributed by atoms with E-state index in [1.165, 1.54) is 16.0 Å². The third kappa shape index (κ3) is 4.65. The first kappa shape index (κ1) is 20.6. The second-order valence-corrected chi connectivity index (χ2v) is 7.24. The van der Waals surface area contributed by atoms with Crippen LogP contribution in [0.5, 0.6) is 0 Å². The number of aryl methyl sites for hydroxylation is 1. The van der Waals surface area contributed by atoms with Gasteiger partial charge in [0.25, 0.3) is 11.8 Å². The molecular weight excluding hydrogens is 364 g/mol. The molecule has 0 fully saturated rings. The molecule has 2 N–H and O–H groups in total. The molecule has 1 unspecified atom stereocenters. The van der Waals surface area contributed by atoms with Crippen LogP contribution < -0.4 is 10.6 Å². The lowest BCUT2D eigenvalue weighted by Gasteiger charge is -2.20. The predicted molar refractivity (Wildman–Crippen MR) is 115 cm³/mol. The number of hydrogen-bond donors (Lipinski definition) is 2. The van der Waals surface area contributed by atoms with Crippen LogP contribution in [0.2, 0.25) is 0 Å². The molecule has 29 heavy (non-hydrogen) atoms. The van der Waals surface area contributed by atoms with Gasteiger partial charge >= 0.3 is 0 Å². The van der Waals surface area contributed by atoms with Crippen LogP contribution >= 0.6 is 0 Å². The van der Waals surface area contributed by atoms with E-state index in [0.29, 0.717) is 24.2 Å². The second-order valence-electron chi connectivity index (χ2n) is 7.24. The summed E-state index contributed by atoms with van der Waals surface area (Å²) in [5.74, 6) is 0.354. The number of guanidine groups is 1. The van der Waals surface area contributed by atoms with E-state index < -0.39 is 0 Å². The van der Waals surface area contributed by atoms with Crippen molar-refractivity contribution >= 4 is 17.8 Å². The van der Waals surface area contributed by atoms with Crippen molar-refractivity contribution in [3.63, 3.8) is 0 Å². The number of fused-ring (bicyclic) bond motifs is 1. The smallest absolute Gasteiger partial charge is 0.261 e. The number of rotatable bonds is 7. The van der Waals surface area contributed by atoms with Gasteiger partial charge < -0.3 is 10.6 Å². The molecule has 6 heteroatoms. The third-order valence-corrected chi connectivity index (χ3v) is 5.21. The molecule has 3 rings (SSSR count). The molecule has 152 valence electrons. The summed E-state index contributed by atoms with van der Waals surface area (Å²) in [5.41, 5.74) is 3.49. The van der Waals surface area contributed by atoms with Crippen LogP contribution in [0, 0.1) is 6.92 Å². The molecule has 1 aliphatic heterocycles. The quantitative estimate of drug-likeness (QED) is 0.328. The Morgan fingerprint density at radius 2 is 1.62 bits per heavy atom. The Morgan fingerprint density at radius 1 is 1.00 bits per heavy atom. The van der Waals surface area contributed by atoms with E-state index in [-0.39, 0.29) is 17.9 Å². The van der Waals surface area contributed by atoms with Crippen LogP contribution in [0.4, 0.5) is 0 Å². The number of carbonyl (C=O) groups excluding carboxylic acids is 2. The highest BCUT2D eigenvalue weighted by Crippen LogP contribution is 2.22. The molecule has 2 amide bonds. The first-order valence-electron chi connectivity index (χ1n) is 10.0. The molecule has 0 bridgehead atoms. The van der Waals surface area contributed by atoms with Crippen LogP contribution in [-0.2, 0) is 0 Å². The molecule has 1 aliphatic rings. The summed E-state index contributed by atoms with van der Waals surface area (Å²) >= 11 is 0. The summed E-state index contributed by atoms with van der Waals surface area (Å²) in [6, 6.07) is 15.4. The minimum absolute atomic E-state index is 0.140. The Morgan fingerprint density at radius 3 is 2.24 bits per heavy atom. The van der Waals surface area contributed by atoms with Gasteiger partial charge in [0.05, 0.1) is 17.2 Å². The SMILES string of the molecule is CN=C(NCCCCN1C(=O)c2ccccc2C1=O)NC(C)c1ccccc1C. The average molecular weight is 393 g/mol. The fraction of sp³-hybridized carbons (Fsp3) is 0.348. The van der Waals surface area contributed by atoms with Crippen molar-refractivity contribution in [1.82, 2.24) is 15.5 Å². The summed E-state index contributed by atoms with van der Waals surface area (Å²) in [6.45, 7) is 5.35. The van der Waals surface area contributed by atoms with Crippen LogP contribution in [0.15, 0.2) is 53.5 Å². The van der Waals surface area contributed by atoms with Crippen molar-refractivity contribution in [3.05, 3.63) is 70.8 Å². The summed E-state index contributed by atoms with van der Waals surface area (Å²) in [6.07, 6.45) is 1.57. The number of nitrogens with zero attached hydrogens (tertiary/aromatic N) is 2. The van der Waals surface area contributed by atoms with E-state index in [4.69, 9.17) is 0 Å². The first-order chi connectivity index (χ1) is 14.0. The van der Waals surface area contributed by atoms with Crippen molar-refractivity contribution in [2.75, 3.05) is 20.1 Å². The van der Waals surface area contributed by atoms with Crippen molar-refractivity contribution in [2.45, 2.75) is 32.7 Å². The molecule has 0 aliphatic carbocycles. The Bertz CT molecular complexity index is 888. The van der Waals surface area contributed by atoms with E-state index in [1.54, 1.807) is 31.3 Å². The number of nitrogens with one attached hydrogen (secondary N) is 2. The number of carbonyl (C=O) groups is 2. The highest BCUT2D eigenvalue weighted by molar-refractivity contribution is 6.21. The van der Waals surface area contributed by atoms with Crippen molar-refractivity contribution in [2.24, 2.45) is 4.99 Å². The van der Waals surface area contributed by atoms with Crippen molar-refractivity contribution < 1.29 is 9.59 Å². The number of imide groups is 1. The molecule has 0 saturated heterocycles. The van der Waals surface area contributed by atoms with Gasteiger partial charge in [0.1, 0.15) is 0 Å². The topological polar surface area (TPSA) is 73.8 Å². The van der Waals surface area contributed by atoms with Gasteiger partial charge in [-0.2, -0.15) is 0 Å². The van der Waals surface area contributed by atoms with Gasteiger partial charge in [-0.05, 0) is 49.9 Å². The maximum atomic E-state index is 12.4. The Hall–Kier alpha value is -3.15. The molecule has 2 aromatic carbocycles. The van der Waals surface area contributed by atoms with Gasteiger partial charge in [-0.25, -0.2) is 0 Å². The predicted octanol–water partition coefficient (Wildman–Crippen LogP) is 3.30. The third-order valence-electron chi connectivity index (χ3n) is 5.21. The molecule has 1 atom stereocenters. The van der Waals surface area contributed by atoms with Crippen LogP contribution in [-0.4, -0.2) is 42.8 Å². The Labute approximate surface area is 172 Å². The summed E-state index contributed by atoms with van der Waals surface area (Å²) in [7, 11) is 1.75. The molecular formula is C23H28N4O2. The fourth-order valence-corrected chi connectivity index (χ4v) is 3.59. The first-order valence-corrected chi connectivity index (χ1v) is 10.0. The number of aliphatic imine (C=N–C) groups is 1. The number of unbranched alkanes of at least 4 members (excludes halogenated alkanes) is 1. The van der Waals surface area contributed by atoms with E-state index in [1.807, 2.05) is 12.1 Å². The zero-order chi connectivity index (χ0) is 20.8. The minimum Gasteiger partial charge on any atom is -0.356 e. The lowest BCUT2D eigenvalue weighted by Crippen LogP contribution is -2.39. The van der Waals surface area contributed by atoms with E-state index in [9.17, 15) is 9.59 Å². The molecule has 6 nitrogen and oxygen atoms in total. The number of benzene rings is 2. The van der Waals surface area contributed by atoms with E-state index >= 15 is 0 Å². The maximum absolute atomic E-state index is 12.4. The average Bonchev–Trinajstić information content (AvgIpc) is 2.97. The monoisotopic (exact) mass is 392 g/mol. The Kier molecular flexibility index (Phi) is 6.65. The van der Waals surface area contributed by atoms with Gasteiger partial charge in [0.2, 0.25) is 0 Å². The van der Waals surface area contributed by atoms with Gasteiger partial charge in [0.15, 0.2) is 5.96 Å². The molecule has 1 heterocycles. The normalized spacial score (nSPS) is 14.7. The summed E-state index contributed by atoms with van der Waals surface area (Å²) < 4.78 is 0. The van der Waals surface area contributed by atoms with E-state index in [0.717, 1.165) is 18.8 Å². The highest BCUT2D eigenvalue weighted by atomic mass is 16.2. The lowest BCUT2D eigenvalue weighted by molar-refractivity contribution is 0.0652. The maximum Gasteiger partial charge on any atom is 0.261 e. The molecule has 0 spiro atoms. The fourth-order valence-electron chi connectivity index (χ4n) is 3.59. The Balaban J connectivity index is 1.43. The van der Waals surface area contributed by atoms with Crippen molar-refractivity contribution in [3.8, 4) is 0 Å². The van der Waals surface area contributed by atoms with Gasteiger partial charge in [-0.15, -0.1) is 0 Å². The number of amides is 2. The lowest BCUT2D eigenvalue weighted by atomic mass is 10.0. The van der Waals surface area contributed by atoms with Crippen LogP contribution in [0.25, 0.3) is 0 Å². The molecule has 0 saturated carbocycles. The number of hydrogen-bond acceptors (Lipinski definition) is 3. The van der Waals surface area contributed by atoms with Crippen molar-refractivity contribution in [1.29, 1.82) is 0 Å². The standard InChI is InChI=1S/C23H28N4O2/c1-16-10-4-5-11-18(16)17(2)26-23(24-3)25-14-8-9-15-27-21(28)19-12-6-7-13-20(19)22(27)29/h4-7,10-13,17H,8-9,14-15H2,1-3H3,(H2,24,25,26). The largest absolute Gasteiger partial charge is 0.356 e. The minimum atomic E-state index is -0.192. The van der Waals surface area contributed by atoms with Gasteiger partial charge in [-0.3, -0.25) is 19.5 Å².